The zero-order valence-electron chi connectivity index (χ0n) is 13.3. The smallest absolute Gasteiger partial charge is 0.269 e. The van der Waals surface area contributed by atoms with Gasteiger partial charge in [-0.1, -0.05) is 15.9 Å². The van der Waals surface area contributed by atoms with Crippen LogP contribution in [0.15, 0.2) is 28.7 Å². The van der Waals surface area contributed by atoms with Crippen LogP contribution in [0.3, 0.4) is 0 Å². The van der Waals surface area contributed by atoms with E-state index in [1.165, 1.54) is 0 Å². The summed E-state index contributed by atoms with van der Waals surface area (Å²) < 4.78 is 0.885. The van der Waals surface area contributed by atoms with Crippen LogP contribution in [-0.2, 0) is 9.59 Å². The number of nitrogens with one attached hydrogen (secondary N) is 2. The van der Waals surface area contributed by atoms with Gasteiger partial charge in [-0.2, -0.15) is 0 Å². The number of amides is 3. The first-order chi connectivity index (χ1) is 11.5. The minimum absolute atomic E-state index is 0.168. The average Bonchev–Trinajstić information content (AvgIpc) is 3.44. The molecule has 128 valence electrons. The summed E-state index contributed by atoms with van der Waals surface area (Å²) >= 11 is 3.31. The third-order valence-corrected chi connectivity index (χ3v) is 5.04. The molecule has 24 heavy (non-hydrogen) atoms. The van der Waals surface area contributed by atoms with Crippen LogP contribution in [0, 0.1) is 11.8 Å². The largest absolute Gasteiger partial charge is 0.342 e. The summed E-state index contributed by atoms with van der Waals surface area (Å²) in [7, 11) is 0. The first-order valence-corrected chi connectivity index (χ1v) is 8.98. The highest BCUT2D eigenvalue weighted by molar-refractivity contribution is 9.10. The van der Waals surface area contributed by atoms with E-state index in [-0.39, 0.29) is 29.6 Å². The number of nitrogens with zero attached hydrogens (tertiary/aromatic N) is 1. The molecule has 1 aliphatic carbocycles. The van der Waals surface area contributed by atoms with Crippen molar-refractivity contribution in [2.24, 2.45) is 11.8 Å². The molecule has 1 heterocycles. The zero-order chi connectivity index (χ0) is 17.1. The number of carbonyl (C=O) groups is 3. The Balaban J connectivity index is 1.43. The van der Waals surface area contributed by atoms with Crippen LogP contribution < -0.4 is 10.9 Å². The second-order valence-corrected chi connectivity index (χ2v) is 7.24. The van der Waals surface area contributed by atoms with Crippen LogP contribution in [0.1, 0.15) is 36.0 Å². The number of hydrogen-bond donors (Lipinski definition) is 2. The van der Waals surface area contributed by atoms with E-state index in [0.29, 0.717) is 31.5 Å². The van der Waals surface area contributed by atoms with E-state index in [9.17, 15) is 14.4 Å². The molecule has 3 rings (SSSR count). The summed E-state index contributed by atoms with van der Waals surface area (Å²) in [6, 6.07) is 6.88. The molecule has 1 saturated carbocycles. The van der Waals surface area contributed by atoms with E-state index in [4.69, 9.17) is 0 Å². The summed E-state index contributed by atoms with van der Waals surface area (Å²) in [6.45, 7) is 1.24. The molecule has 3 amide bonds. The van der Waals surface area contributed by atoms with E-state index in [1.807, 2.05) is 4.90 Å². The number of hydrazine groups is 1. The second-order valence-electron chi connectivity index (χ2n) is 6.32. The quantitative estimate of drug-likeness (QED) is 0.769. The van der Waals surface area contributed by atoms with Gasteiger partial charge in [0.25, 0.3) is 5.91 Å². The highest BCUT2D eigenvalue weighted by atomic mass is 79.9. The van der Waals surface area contributed by atoms with Crippen molar-refractivity contribution in [2.75, 3.05) is 13.1 Å². The molecule has 1 aromatic rings. The monoisotopic (exact) mass is 393 g/mol. The number of rotatable bonds is 3. The lowest BCUT2D eigenvalue weighted by Gasteiger charge is -2.31. The molecule has 1 aromatic carbocycles. The summed E-state index contributed by atoms with van der Waals surface area (Å²) in [6.07, 6.45) is 3.28. The second kappa shape index (κ2) is 7.34. The normalized spacial score (nSPS) is 18.1. The van der Waals surface area contributed by atoms with Gasteiger partial charge < -0.3 is 4.90 Å². The lowest BCUT2D eigenvalue weighted by molar-refractivity contribution is -0.136. The van der Waals surface area contributed by atoms with E-state index in [1.54, 1.807) is 24.3 Å². The van der Waals surface area contributed by atoms with Crippen LogP contribution in [0.25, 0.3) is 0 Å². The van der Waals surface area contributed by atoms with Crippen molar-refractivity contribution in [3.05, 3.63) is 34.3 Å². The molecule has 6 nitrogen and oxygen atoms in total. The van der Waals surface area contributed by atoms with E-state index >= 15 is 0 Å². The Morgan fingerprint density at radius 1 is 0.917 bits per heavy atom. The van der Waals surface area contributed by atoms with Crippen LogP contribution >= 0.6 is 15.9 Å². The van der Waals surface area contributed by atoms with Gasteiger partial charge in [-0.05, 0) is 49.9 Å². The summed E-state index contributed by atoms with van der Waals surface area (Å²) in [5.74, 6) is -0.257. The zero-order valence-corrected chi connectivity index (χ0v) is 14.8. The first-order valence-electron chi connectivity index (χ1n) is 8.19. The first kappa shape index (κ1) is 17.0. The van der Waals surface area contributed by atoms with Gasteiger partial charge in [0.2, 0.25) is 11.8 Å². The molecule has 2 aliphatic rings. The highest BCUT2D eigenvalue weighted by Crippen LogP contribution is 2.32. The lowest BCUT2D eigenvalue weighted by atomic mass is 9.96. The van der Waals surface area contributed by atoms with Gasteiger partial charge in [0.05, 0.1) is 0 Å². The molecule has 1 saturated heterocycles. The van der Waals surface area contributed by atoms with Gasteiger partial charge in [0.1, 0.15) is 0 Å². The van der Waals surface area contributed by atoms with Gasteiger partial charge in [-0.3, -0.25) is 25.2 Å². The van der Waals surface area contributed by atoms with Gasteiger partial charge in [-0.25, -0.2) is 0 Å². The maximum Gasteiger partial charge on any atom is 0.269 e. The maximum atomic E-state index is 12.2. The summed E-state index contributed by atoms with van der Waals surface area (Å²) in [4.78, 5) is 38.0. The van der Waals surface area contributed by atoms with E-state index < -0.39 is 0 Å². The number of hydrogen-bond acceptors (Lipinski definition) is 3. The SMILES string of the molecule is O=C(NNC(=O)C1CCN(C(=O)C2CC2)CC1)c1ccc(Br)cc1. The molecule has 0 aromatic heterocycles. The molecular weight excluding hydrogens is 374 g/mol. The number of benzene rings is 1. The molecule has 0 atom stereocenters. The van der Waals surface area contributed by atoms with Gasteiger partial charge in [0.15, 0.2) is 0 Å². The fourth-order valence-electron chi connectivity index (χ4n) is 2.84. The molecule has 7 heteroatoms. The predicted molar refractivity (Wildman–Crippen MR) is 91.8 cm³/mol. The van der Waals surface area contributed by atoms with Crippen LogP contribution in [0.5, 0.6) is 0 Å². The van der Waals surface area contributed by atoms with Crippen molar-refractivity contribution in [1.29, 1.82) is 0 Å². The number of likely N-dealkylation sites (tertiary alicyclic amines) is 1. The van der Waals surface area contributed by atoms with E-state index in [0.717, 1.165) is 17.3 Å². The fourth-order valence-corrected chi connectivity index (χ4v) is 3.11. The topological polar surface area (TPSA) is 78.5 Å². The third kappa shape index (κ3) is 4.14. The van der Waals surface area contributed by atoms with Crippen molar-refractivity contribution in [3.63, 3.8) is 0 Å². The molecule has 0 radical (unpaired) electrons. The van der Waals surface area contributed by atoms with Crippen molar-refractivity contribution in [3.8, 4) is 0 Å². The van der Waals surface area contributed by atoms with Crippen molar-refractivity contribution in [2.45, 2.75) is 25.7 Å². The summed E-state index contributed by atoms with van der Waals surface area (Å²) in [5.41, 5.74) is 5.41. The Bertz CT molecular complexity index is 635. The van der Waals surface area contributed by atoms with Gasteiger partial charge >= 0.3 is 0 Å². The van der Waals surface area contributed by atoms with Gasteiger partial charge in [0, 0.05) is 35.0 Å². The predicted octanol–water partition coefficient (Wildman–Crippen LogP) is 1.86. The molecule has 0 bridgehead atoms. The summed E-state index contributed by atoms with van der Waals surface area (Å²) in [5, 5.41) is 0. The van der Waals surface area contributed by atoms with Crippen LogP contribution in [-0.4, -0.2) is 35.7 Å². The number of piperidine rings is 1. The molecule has 2 fully saturated rings. The van der Waals surface area contributed by atoms with Crippen molar-refractivity contribution >= 4 is 33.7 Å². The Hall–Kier alpha value is -1.89. The molecule has 1 aliphatic heterocycles. The maximum absolute atomic E-state index is 12.2. The fraction of sp³-hybridized carbons (Fsp3) is 0.471. The van der Waals surface area contributed by atoms with Crippen molar-refractivity contribution in [1.82, 2.24) is 15.8 Å². The third-order valence-electron chi connectivity index (χ3n) is 4.51. The van der Waals surface area contributed by atoms with Crippen LogP contribution in [0.2, 0.25) is 0 Å². The number of halogens is 1. The molecule has 0 spiro atoms. The minimum atomic E-state index is -0.350. The average molecular weight is 394 g/mol. The number of carbonyl (C=O) groups excluding carboxylic acids is 3. The Morgan fingerprint density at radius 2 is 1.54 bits per heavy atom. The van der Waals surface area contributed by atoms with Crippen molar-refractivity contribution < 1.29 is 14.4 Å². The Morgan fingerprint density at radius 3 is 2.12 bits per heavy atom. The molecule has 0 unspecified atom stereocenters. The van der Waals surface area contributed by atoms with E-state index in [2.05, 4.69) is 26.8 Å². The highest BCUT2D eigenvalue weighted by Gasteiger charge is 2.35. The van der Waals surface area contributed by atoms with Gasteiger partial charge in [-0.15, -0.1) is 0 Å². The standard InChI is InChI=1S/C17H20BrN3O3/c18-14-5-3-11(4-6-14)15(22)19-20-16(23)12-7-9-21(10-8-12)17(24)13-1-2-13/h3-6,12-13H,1-2,7-10H2,(H,19,22)(H,20,23). The Labute approximate surface area is 149 Å². The lowest BCUT2D eigenvalue weighted by Crippen LogP contribution is -2.48. The van der Waals surface area contributed by atoms with Crippen LogP contribution in [0.4, 0.5) is 0 Å². The Kier molecular flexibility index (Phi) is 5.18. The molecule has 2 N–H and O–H groups in total. The minimum Gasteiger partial charge on any atom is -0.342 e. The molecular formula is C17H20BrN3O3.